The molecule has 1 saturated heterocycles. The zero-order valence-electron chi connectivity index (χ0n) is 18.0. The molecule has 2 aliphatic heterocycles. The lowest BCUT2D eigenvalue weighted by Crippen LogP contribution is -2.41. The number of nitrogens with zero attached hydrogens (tertiary/aromatic N) is 5. The minimum Gasteiger partial charge on any atom is -0.465 e. The van der Waals surface area contributed by atoms with Gasteiger partial charge in [0.15, 0.2) is 17.0 Å². The predicted octanol–water partition coefficient (Wildman–Crippen LogP) is 3.26. The number of rotatable bonds is 4. The quantitative estimate of drug-likeness (QED) is 0.604. The third kappa shape index (κ3) is 3.83. The number of ether oxygens (including phenoxy) is 1. The molecular weight excluding hydrogens is 428 g/mol. The van der Waals surface area contributed by atoms with Gasteiger partial charge in [-0.3, -0.25) is 4.79 Å². The van der Waals surface area contributed by atoms with Crippen LogP contribution in [0, 0.1) is 5.92 Å². The van der Waals surface area contributed by atoms with E-state index in [2.05, 4.69) is 24.8 Å². The molecule has 10 heteroatoms. The highest BCUT2D eigenvalue weighted by Crippen LogP contribution is 2.30. The van der Waals surface area contributed by atoms with Crippen molar-refractivity contribution in [1.82, 2.24) is 19.5 Å². The van der Waals surface area contributed by atoms with Crippen molar-refractivity contribution in [3.63, 3.8) is 0 Å². The van der Waals surface area contributed by atoms with Crippen LogP contribution in [-0.4, -0.2) is 51.6 Å². The van der Waals surface area contributed by atoms with Crippen LogP contribution in [0.5, 0.6) is 0 Å². The minimum absolute atomic E-state index is 0.0934. The standard InChI is InChI=1S/C22H26N6O3S/c1-31-22(30)18-15(8-11-32-18)25-21(29)14-6-5-9-27(12-14)19-17-20(24-13-23-19)28-10-4-2-3-7-16(28)26-17/h8,11,13-14H,2-7,9-10,12H2,1H3,(H,25,29). The molecule has 0 spiro atoms. The van der Waals surface area contributed by atoms with Crippen molar-refractivity contribution in [1.29, 1.82) is 0 Å². The van der Waals surface area contributed by atoms with Gasteiger partial charge in [-0.25, -0.2) is 19.7 Å². The first-order valence-electron chi connectivity index (χ1n) is 11.1. The molecule has 0 aromatic carbocycles. The van der Waals surface area contributed by atoms with Crippen molar-refractivity contribution in [2.75, 3.05) is 30.4 Å². The van der Waals surface area contributed by atoms with Crippen LogP contribution in [0.1, 0.15) is 47.6 Å². The van der Waals surface area contributed by atoms with Gasteiger partial charge in [-0.15, -0.1) is 11.3 Å². The Labute approximate surface area is 189 Å². The second kappa shape index (κ2) is 8.85. The number of amides is 1. The van der Waals surface area contributed by atoms with Crippen molar-refractivity contribution in [3.8, 4) is 0 Å². The van der Waals surface area contributed by atoms with Crippen LogP contribution in [-0.2, 0) is 22.5 Å². The lowest BCUT2D eigenvalue weighted by molar-refractivity contribution is -0.120. The predicted molar refractivity (Wildman–Crippen MR) is 122 cm³/mol. The van der Waals surface area contributed by atoms with Gasteiger partial charge in [0.25, 0.3) is 0 Å². The van der Waals surface area contributed by atoms with Crippen LogP contribution in [0.15, 0.2) is 17.8 Å². The van der Waals surface area contributed by atoms with E-state index in [1.807, 2.05) is 0 Å². The number of thiophene rings is 1. The molecule has 168 valence electrons. The number of imidazole rings is 1. The molecular formula is C22H26N6O3S. The SMILES string of the molecule is COC(=O)c1sccc1NC(=O)C1CCCN(c2ncnc3c2nc2n3CCCCC2)C1. The first-order chi connectivity index (χ1) is 15.7. The molecule has 5 heterocycles. The first kappa shape index (κ1) is 20.9. The Kier molecular flexibility index (Phi) is 5.77. The van der Waals surface area contributed by atoms with E-state index in [0.29, 0.717) is 17.1 Å². The molecule has 5 rings (SSSR count). The summed E-state index contributed by atoms with van der Waals surface area (Å²) in [5.41, 5.74) is 2.22. The summed E-state index contributed by atoms with van der Waals surface area (Å²) in [6, 6.07) is 1.74. The molecule has 3 aromatic heterocycles. The number of esters is 1. The van der Waals surface area contributed by atoms with E-state index in [0.717, 1.165) is 68.0 Å². The second-order valence-electron chi connectivity index (χ2n) is 8.29. The summed E-state index contributed by atoms with van der Waals surface area (Å²) in [5, 5.41) is 4.70. The fraction of sp³-hybridized carbons (Fsp3) is 0.500. The summed E-state index contributed by atoms with van der Waals surface area (Å²) in [4.78, 5) is 41.5. The lowest BCUT2D eigenvalue weighted by Gasteiger charge is -2.32. The Bertz CT molecular complexity index is 1160. The zero-order chi connectivity index (χ0) is 22.1. The fourth-order valence-electron chi connectivity index (χ4n) is 4.63. The molecule has 0 bridgehead atoms. The highest BCUT2D eigenvalue weighted by molar-refractivity contribution is 7.12. The van der Waals surface area contributed by atoms with E-state index in [1.54, 1.807) is 17.8 Å². The first-order valence-corrected chi connectivity index (χ1v) is 12.0. The van der Waals surface area contributed by atoms with E-state index in [1.165, 1.54) is 24.9 Å². The average molecular weight is 455 g/mol. The van der Waals surface area contributed by atoms with Crippen molar-refractivity contribution < 1.29 is 14.3 Å². The molecule has 0 saturated carbocycles. The molecule has 0 radical (unpaired) electrons. The maximum atomic E-state index is 13.0. The highest BCUT2D eigenvalue weighted by atomic mass is 32.1. The molecule has 1 unspecified atom stereocenters. The minimum atomic E-state index is -0.441. The number of hydrogen-bond donors (Lipinski definition) is 1. The van der Waals surface area contributed by atoms with Crippen molar-refractivity contribution in [3.05, 3.63) is 28.5 Å². The Hall–Kier alpha value is -3.01. The van der Waals surface area contributed by atoms with Gasteiger partial charge in [0.1, 0.15) is 17.0 Å². The van der Waals surface area contributed by atoms with Gasteiger partial charge in [-0.2, -0.15) is 0 Å². The Balaban J connectivity index is 1.36. The zero-order valence-corrected chi connectivity index (χ0v) is 18.9. The van der Waals surface area contributed by atoms with Gasteiger partial charge in [0, 0.05) is 26.1 Å². The fourth-order valence-corrected chi connectivity index (χ4v) is 5.40. The van der Waals surface area contributed by atoms with Crippen LogP contribution in [0.4, 0.5) is 11.5 Å². The topological polar surface area (TPSA) is 102 Å². The van der Waals surface area contributed by atoms with E-state index < -0.39 is 5.97 Å². The molecule has 3 aromatic rings. The molecule has 9 nitrogen and oxygen atoms in total. The summed E-state index contributed by atoms with van der Waals surface area (Å²) >= 11 is 1.26. The summed E-state index contributed by atoms with van der Waals surface area (Å²) in [6.45, 7) is 2.32. The van der Waals surface area contributed by atoms with Gasteiger partial charge < -0.3 is 19.5 Å². The maximum Gasteiger partial charge on any atom is 0.350 e. The second-order valence-corrected chi connectivity index (χ2v) is 9.21. The van der Waals surface area contributed by atoms with Crippen LogP contribution in [0.2, 0.25) is 0 Å². The number of nitrogens with one attached hydrogen (secondary N) is 1. The molecule has 1 amide bonds. The van der Waals surface area contributed by atoms with Gasteiger partial charge in [-0.05, 0) is 37.1 Å². The molecule has 2 aliphatic rings. The van der Waals surface area contributed by atoms with Crippen LogP contribution in [0.25, 0.3) is 11.2 Å². The van der Waals surface area contributed by atoms with Gasteiger partial charge in [-0.1, -0.05) is 6.42 Å². The van der Waals surface area contributed by atoms with E-state index in [9.17, 15) is 9.59 Å². The third-order valence-corrected chi connectivity index (χ3v) is 7.15. The maximum absolute atomic E-state index is 13.0. The van der Waals surface area contributed by atoms with Crippen molar-refractivity contribution >= 4 is 45.9 Å². The highest BCUT2D eigenvalue weighted by Gasteiger charge is 2.30. The summed E-state index contributed by atoms with van der Waals surface area (Å²) in [5.74, 6) is 1.14. The number of hydrogen-bond acceptors (Lipinski definition) is 8. The normalized spacial score (nSPS) is 18.8. The number of aromatic nitrogens is 4. The monoisotopic (exact) mass is 454 g/mol. The van der Waals surface area contributed by atoms with Crippen LogP contribution >= 0.6 is 11.3 Å². The summed E-state index contributed by atoms with van der Waals surface area (Å²) in [7, 11) is 1.34. The van der Waals surface area contributed by atoms with E-state index in [-0.39, 0.29) is 11.8 Å². The molecule has 1 N–H and O–H groups in total. The molecule has 32 heavy (non-hydrogen) atoms. The molecule has 0 aliphatic carbocycles. The summed E-state index contributed by atoms with van der Waals surface area (Å²) in [6.07, 6.45) is 7.74. The molecule has 1 fully saturated rings. The Morgan fingerprint density at radius 2 is 2.09 bits per heavy atom. The third-order valence-electron chi connectivity index (χ3n) is 6.26. The van der Waals surface area contributed by atoms with E-state index >= 15 is 0 Å². The van der Waals surface area contributed by atoms with Gasteiger partial charge in [0.2, 0.25) is 5.91 Å². The number of anilines is 2. The number of piperidine rings is 1. The Morgan fingerprint density at radius 1 is 1.19 bits per heavy atom. The summed E-state index contributed by atoms with van der Waals surface area (Å²) < 4.78 is 7.04. The molecule has 1 atom stereocenters. The van der Waals surface area contributed by atoms with Crippen LogP contribution in [0.3, 0.4) is 0 Å². The van der Waals surface area contributed by atoms with Crippen molar-refractivity contribution in [2.45, 2.75) is 45.1 Å². The van der Waals surface area contributed by atoms with Gasteiger partial charge in [0.05, 0.1) is 18.7 Å². The largest absolute Gasteiger partial charge is 0.465 e. The smallest absolute Gasteiger partial charge is 0.350 e. The number of aryl methyl sites for hydroxylation is 2. The number of carbonyl (C=O) groups excluding carboxylic acids is 2. The van der Waals surface area contributed by atoms with Crippen molar-refractivity contribution in [2.24, 2.45) is 5.92 Å². The number of carbonyl (C=O) groups is 2. The van der Waals surface area contributed by atoms with E-state index in [4.69, 9.17) is 9.72 Å². The number of fused-ring (bicyclic) bond motifs is 3. The lowest BCUT2D eigenvalue weighted by atomic mass is 9.97. The number of methoxy groups -OCH3 is 1. The Morgan fingerprint density at radius 3 is 2.97 bits per heavy atom. The average Bonchev–Trinajstić information content (AvgIpc) is 3.35. The van der Waals surface area contributed by atoms with Crippen LogP contribution < -0.4 is 10.2 Å². The van der Waals surface area contributed by atoms with Gasteiger partial charge >= 0.3 is 5.97 Å².